The van der Waals surface area contributed by atoms with Crippen LogP contribution in [0.1, 0.15) is 15.9 Å². The number of ketones is 1. The molecule has 0 aliphatic rings. The fourth-order valence-electron chi connectivity index (χ4n) is 2.93. The van der Waals surface area contributed by atoms with Crippen molar-refractivity contribution in [3.05, 3.63) is 101 Å². The molecule has 1 aromatic heterocycles. The molecule has 116 valence electrons. The molecule has 0 fully saturated rings. The zero-order valence-corrected chi connectivity index (χ0v) is 13.6. The SMILES string of the molecule is O=C(c1ccccc1)c1ccccc1-n1ccc2ccc(Cl)cc21. The van der Waals surface area contributed by atoms with Crippen LogP contribution in [-0.4, -0.2) is 10.4 Å². The van der Waals surface area contributed by atoms with Crippen LogP contribution >= 0.6 is 11.6 Å². The Labute approximate surface area is 144 Å². The van der Waals surface area contributed by atoms with E-state index in [-0.39, 0.29) is 5.78 Å². The molecule has 0 aliphatic carbocycles. The number of hydrogen-bond donors (Lipinski definition) is 0. The van der Waals surface area contributed by atoms with E-state index in [1.54, 1.807) is 0 Å². The highest BCUT2D eigenvalue weighted by Crippen LogP contribution is 2.26. The van der Waals surface area contributed by atoms with Crippen LogP contribution < -0.4 is 0 Å². The number of aromatic nitrogens is 1. The van der Waals surface area contributed by atoms with Crippen LogP contribution in [-0.2, 0) is 0 Å². The Kier molecular flexibility index (Phi) is 3.68. The van der Waals surface area contributed by atoms with Gasteiger partial charge in [0.1, 0.15) is 0 Å². The summed E-state index contributed by atoms with van der Waals surface area (Å²) in [7, 11) is 0. The minimum atomic E-state index is 0.00933. The second-order valence-electron chi connectivity index (χ2n) is 5.60. The Balaban J connectivity index is 1.90. The monoisotopic (exact) mass is 331 g/mol. The van der Waals surface area contributed by atoms with E-state index in [2.05, 4.69) is 0 Å². The van der Waals surface area contributed by atoms with E-state index in [1.807, 2.05) is 89.6 Å². The van der Waals surface area contributed by atoms with E-state index in [0.29, 0.717) is 16.1 Å². The number of fused-ring (bicyclic) bond motifs is 1. The molecule has 0 amide bonds. The highest BCUT2D eigenvalue weighted by Gasteiger charge is 2.15. The molecule has 0 spiro atoms. The molecule has 0 radical (unpaired) electrons. The van der Waals surface area contributed by atoms with E-state index in [4.69, 9.17) is 11.6 Å². The summed E-state index contributed by atoms with van der Waals surface area (Å²) in [6, 6.07) is 24.8. The Morgan fingerprint density at radius 2 is 1.58 bits per heavy atom. The van der Waals surface area contributed by atoms with Crippen LogP contribution in [0.2, 0.25) is 5.02 Å². The zero-order chi connectivity index (χ0) is 16.5. The van der Waals surface area contributed by atoms with E-state index >= 15 is 0 Å². The number of carbonyl (C=O) groups excluding carboxylic acids is 1. The second-order valence-corrected chi connectivity index (χ2v) is 6.04. The fourth-order valence-corrected chi connectivity index (χ4v) is 3.10. The largest absolute Gasteiger partial charge is 0.316 e. The van der Waals surface area contributed by atoms with Crippen LogP contribution in [0.15, 0.2) is 85.1 Å². The molecule has 0 aliphatic heterocycles. The van der Waals surface area contributed by atoms with Gasteiger partial charge in [-0.2, -0.15) is 0 Å². The summed E-state index contributed by atoms with van der Waals surface area (Å²) in [5.74, 6) is 0.00933. The zero-order valence-electron chi connectivity index (χ0n) is 12.8. The third-order valence-electron chi connectivity index (χ3n) is 4.10. The maximum atomic E-state index is 12.9. The number of carbonyl (C=O) groups is 1. The molecule has 4 aromatic rings. The van der Waals surface area contributed by atoms with Crippen LogP contribution in [0.4, 0.5) is 0 Å². The quantitative estimate of drug-likeness (QED) is 0.453. The fraction of sp³-hybridized carbons (Fsp3) is 0. The molecule has 0 saturated heterocycles. The molecule has 0 N–H and O–H groups in total. The molecule has 0 unspecified atom stereocenters. The van der Waals surface area contributed by atoms with Crippen molar-refractivity contribution in [2.24, 2.45) is 0 Å². The highest BCUT2D eigenvalue weighted by molar-refractivity contribution is 6.31. The van der Waals surface area contributed by atoms with E-state index in [0.717, 1.165) is 16.6 Å². The van der Waals surface area contributed by atoms with Gasteiger partial charge in [0.25, 0.3) is 0 Å². The molecular formula is C21H14ClNO. The summed E-state index contributed by atoms with van der Waals surface area (Å²) in [6.45, 7) is 0. The van der Waals surface area contributed by atoms with Gasteiger partial charge in [-0.05, 0) is 30.3 Å². The van der Waals surface area contributed by atoms with E-state index < -0.39 is 0 Å². The number of rotatable bonds is 3. The molecule has 3 heteroatoms. The number of hydrogen-bond acceptors (Lipinski definition) is 1. The van der Waals surface area contributed by atoms with Crippen molar-refractivity contribution in [2.75, 3.05) is 0 Å². The van der Waals surface area contributed by atoms with Gasteiger partial charge < -0.3 is 4.57 Å². The van der Waals surface area contributed by atoms with Crippen molar-refractivity contribution >= 4 is 28.3 Å². The van der Waals surface area contributed by atoms with Gasteiger partial charge >= 0.3 is 0 Å². The third kappa shape index (κ3) is 2.51. The molecule has 3 aromatic carbocycles. The van der Waals surface area contributed by atoms with Gasteiger partial charge in [-0.25, -0.2) is 0 Å². The Morgan fingerprint density at radius 1 is 0.833 bits per heavy atom. The smallest absolute Gasteiger partial charge is 0.195 e. The van der Waals surface area contributed by atoms with Crippen molar-refractivity contribution in [2.45, 2.75) is 0 Å². The minimum Gasteiger partial charge on any atom is -0.316 e. The average Bonchev–Trinajstić information content (AvgIpc) is 3.04. The van der Waals surface area contributed by atoms with Crippen molar-refractivity contribution in [3.8, 4) is 5.69 Å². The number of nitrogens with zero attached hydrogens (tertiary/aromatic N) is 1. The molecular weight excluding hydrogens is 318 g/mol. The summed E-state index contributed by atoms with van der Waals surface area (Å²) in [5, 5.41) is 1.76. The summed E-state index contributed by atoms with van der Waals surface area (Å²) in [5.41, 5.74) is 3.18. The Morgan fingerprint density at radius 3 is 2.42 bits per heavy atom. The first kappa shape index (κ1) is 14.7. The van der Waals surface area contributed by atoms with E-state index in [9.17, 15) is 4.79 Å². The maximum Gasteiger partial charge on any atom is 0.195 e. The van der Waals surface area contributed by atoms with E-state index in [1.165, 1.54) is 0 Å². The van der Waals surface area contributed by atoms with Crippen molar-refractivity contribution in [3.63, 3.8) is 0 Å². The lowest BCUT2D eigenvalue weighted by atomic mass is 10.0. The van der Waals surface area contributed by atoms with Gasteiger partial charge in [0.05, 0.1) is 11.2 Å². The summed E-state index contributed by atoms with van der Waals surface area (Å²) in [6.07, 6.45) is 1.97. The van der Waals surface area contributed by atoms with Crippen molar-refractivity contribution < 1.29 is 4.79 Å². The first-order valence-corrected chi connectivity index (χ1v) is 8.07. The molecule has 24 heavy (non-hydrogen) atoms. The number of para-hydroxylation sites is 1. The molecule has 2 nitrogen and oxygen atoms in total. The number of benzene rings is 3. The first-order valence-electron chi connectivity index (χ1n) is 7.70. The van der Waals surface area contributed by atoms with Gasteiger partial charge in [0, 0.05) is 27.7 Å². The lowest BCUT2D eigenvalue weighted by molar-refractivity contribution is 0.103. The van der Waals surface area contributed by atoms with Crippen LogP contribution in [0.5, 0.6) is 0 Å². The average molecular weight is 332 g/mol. The van der Waals surface area contributed by atoms with Crippen LogP contribution in [0, 0.1) is 0 Å². The summed E-state index contributed by atoms with van der Waals surface area (Å²) < 4.78 is 2.01. The van der Waals surface area contributed by atoms with Crippen molar-refractivity contribution in [1.82, 2.24) is 4.57 Å². The summed E-state index contributed by atoms with van der Waals surface area (Å²) in [4.78, 5) is 12.9. The van der Waals surface area contributed by atoms with Gasteiger partial charge in [-0.1, -0.05) is 60.1 Å². The van der Waals surface area contributed by atoms with Crippen molar-refractivity contribution in [1.29, 1.82) is 0 Å². The molecule has 0 atom stereocenters. The number of halogens is 1. The topological polar surface area (TPSA) is 22.0 Å². The minimum absolute atomic E-state index is 0.00933. The lowest BCUT2D eigenvalue weighted by Crippen LogP contribution is -2.06. The predicted molar refractivity (Wildman–Crippen MR) is 98.2 cm³/mol. The lowest BCUT2D eigenvalue weighted by Gasteiger charge is -2.11. The van der Waals surface area contributed by atoms with Gasteiger partial charge in [-0.15, -0.1) is 0 Å². The van der Waals surface area contributed by atoms with Crippen LogP contribution in [0.3, 0.4) is 0 Å². The Hall–Kier alpha value is -2.84. The third-order valence-corrected chi connectivity index (χ3v) is 4.33. The highest BCUT2D eigenvalue weighted by atomic mass is 35.5. The van der Waals surface area contributed by atoms with Gasteiger partial charge in [0.15, 0.2) is 5.78 Å². The first-order chi connectivity index (χ1) is 11.7. The molecule has 0 bridgehead atoms. The van der Waals surface area contributed by atoms with Gasteiger partial charge in [0.2, 0.25) is 0 Å². The predicted octanol–water partition coefficient (Wildman–Crippen LogP) is 5.51. The Bertz CT molecular complexity index is 1030. The molecule has 1 heterocycles. The molecule has 4 rings (SSSR count). The normalized spacial score (nSPS) is 10.9. The standard InChI is InChI=1S/C21H14ClNO/c22-17-11-10-15-12-13-23(20(15)14-17)19-9-5-4-8-18(19)21(24)16-6-2-1-3-7-16/h1-14H. The summed E-state index contributed by atoms with van der Waals surface area (Å²) >= 11 is 6.15. The maximum absolute atomic E-state index is 12.9. The second kappa shape index (κ2) is 5.99. The molecule has 0 saturated carbocycles. The van der Waals surface area contributed by atoms with Gasteiger partial charge in [-0.3, -0.25) is 4.79 Å². The van der Waals surface area contributed by atoms with Crippen LogP contribution in [0.25, 0.3) is 16.6 Å².